The minimum Gasteiger partial charge on any atom is -0.497 e. The van der Waals surface area contributed by atoms with Gasteiger partial charge in [-0.1, -0.05) is 13.8 Å². The maximum Gasteiger partial charge on any atom is 0.240 e. The number of carbonyl (C=O) groups excluding carboxylic acids is 1. The second kappa shape index (κ2) is 5.71. The van der Waals surface area contributed by atoms with Crippen molar-refractivity contribution in [3.05, 3.63) is 24.0 Å². The van der Waals surface area contributed by atoms with E-state index in [0.29, 0.717) is 11.6 Å². The Morgan fingerprint density at radius 2 is 2.20 bits per heavy atom. The summed E-state index contributed by atoms with van der Waals surface area (Å²) in [4.78, 5) is 16.2. The highest BCUT2D eigenvalue weighted by atomic mass is 35.5. The van der Waals surface area contributed by atoms with Gasteiger partial charge in [0.05, 0.1) is 24.0 Å². The van der Waals surface area contributed by atoms with Crippen molar-refractivity contribution in [3.8, 4) is 5.75 Å². The molecule has 0 saturated heterocycles. The highest BCUT2D eigenvalue weighted by molar-refractivity contribution is 6.17. The molecule has 1 amide bonds. The number of fused-ring (bicyclic) bond motifs is 1. The normalized spacial score (nSPS) is 12.8. The van der Waals surface area contributed by atoms with Gasteiger partial charge in [0.15, 0.2) is 0 Å². The van der Waals surface area contributed by atoms with Gasteiger partial charge in [-0.25, -0.2) is 4.98 Å². The van der Waals surface area contributed by atoms with Gasteiger partial charge in [0, 0.05) is 6.07 Å². The van der Waals surface area contributed by atoms with Crippen LogP contribution in [0.25, 0.3) is 11.0 Å². The van der Waals surface area contributed by atoms with Crippen LogP contribution in [0.3, 0.4) is 0 Å². The number of carbonyl (C=O) groups is 1. The number of hydrogen-bond acceptors (Lipinski definition) is 3. The van der Waals surface area contributed by atoms with Gasteiger partial charge in [0.1, 0.15) is 17.6 Å². The van der Waals surface area contributed by atoms with Crippen molar-refractivity contribution < 1.29 is 9.53 Å². The Balaban J connectivity index is 2.69. The molecule has 1 unspecified atom stereocenters. The first-order valence-corrected chi connectivity index (χ1v) is 6.93. The predicted molar refractivity (Wildman–Crippen MR) is 78.9 cm³/mol. The molecule has 0 aliphatic rings. The molecular weight excluding hydrogens is 278 g/mol. The lowest BCUT2D eigenvalue weighted by molar-refractivity contribution is -0.122. The van der Waals surface area contributed by atoms with E-state index in [9.17, 15) is 4.79 Å². The second-order valence-electron chi connectivity index (χ2n) is 4.98. The van der Waals surface area contributed by atoms with Gasteiger partial charge in [-0.05, 0) is 18.1 Å². The Labute approximate surface area is 122 Å². The Bertz CT molecular complexity index is 637. The van der Waals surface area contributed by atoms with Crippen molar-refractivity contribution in [2.24, 2.45) is 11.7 Å². The van der Waals surface area contributed by atoms with E-state index in [0.717, 1.165) is 11.0 Å². The molecule has 20 heavy (non-hydrogen) atoms. The Morgan fingerprint density at radius 1 is 1.50 bits per heavy atom. The molecule has 0 saturated carbocycles. The van der Waals surface area contributed by atoms with Gasteiger partial charge < -0.3 is 15.0 Å². The number of imidazole rings is 1. The van der Waals surface area contributed by atoms with Crippen LogP contribution in [0, 0.1) is 5.92 Å². The molecule has 0 aliphatic heterocycles. The molecule has 5 nitrogen and oxygen atoms in total. The maximum atomic E-state index is 11.8. The summed E-state index contributed by atoms with van der Waals surface area (Å²) in [6, 6.07) is 5.05. The molecule has 1 aromatic carbocycles. The Morgan fingerprint density at radius 3 is 2.70 bits per heavy atom. The zero-order valence-corrected chi connectivity index (χ0v) is 12.5. The number of primary amides is 1. The minimum absolute atomic E-state index is 0.0500. The van der Waals surface area contributed by atoms with Crippen LogP contribution in [0.2, 0.25) is 0 Å². The van der Waals surface area contributed by atoms with Crippen LogP contribution >= 0.6 is 11.6 Å². The van der Waals surface area contributed by atoms with Crippen LogP contribution in [-0.2, 0) is 10.7 Å². The van der Waals surface area contributed by atoms with Gasteiger partial charge in [-0.15, -0.1) is 11.6 Å². The Kier molecular flexibility index (Phi) is 4.18. The van der Waals surface area contributed by atoms with E-state index >= 15 is 0 Å². The van der Waals surface area contributed by atoms with Crippen LogP contribution < -0.4 is 10.5 Å². The molecule has 2 aromatic rings. The molecule has 1 aromatic heterocycles. The van der Waals surface area contributed by atoms with Gasteiger partial charge in [0.2, 0.25) is 5.91 Å². The van der Waals surface area contributed by atoms with E-state index in [1.165, 1.54) is 0 Å². The molecule has 0 bridgehead atoms. The van der Waals surface area contributed by atoms with E-state index < -0.39 is 6.04 Å². The molecule has 108 valence electrons. The van der Waals surface area contributed by atoms with Crippen molar-refractivity contribution in [1.29, 1.82) is 0 Å². The van der Waals surface area contributed by atoms with Crippen molar-refractivity contribution in [2.75, 3.05) is 7.11 Å². The van der Waals surface area contributed by atoms with E-state index in [-0.39, 0.29) is 17.7 Å². The zero-order chi connectivity index (χ0) is 14.9. The summed E-state index contributed by atoms with van der Waals surface area (Å²) in [6.07, 6.45) is 0. The highest BCUT2D eigenvalue weighted by Crippen LogP contribution is 2.29. The summed E-state index contributed by atoms with van der Waals surface area (Å²) >= 11 is 5.96. The monoisotopic (exact) mass is 295 g/mol. The number of hydrogen-bond donors (Lipinski definition) is 1. The van der Waals surface area contributed by atoms with Gasteiger partial charge >= 0.3 is 0 Å². The number of ether oxygens (including phenoxy) is 1. The molecule has 1 atom stereocenters. The zero-order valence-electron chi connectivity index (χ0n) is 11.8. The molecule has 0 radical (unpaired) electrons. The number of amides is 1. The highest BCUT2D eigenvalue weighted by Gasteiger charge is 2.26. The third-order valence-corrected chi connectivity index (χ3v) is 3.53. The fraction of sp³-hybridized carbons (Fsp3) is 0.429. The summed E-state index contributed by atoms with van der Waals surface area (Å²) in [5.41, 5.74) is 7.12. The quantitative estimate of drug-likeness (QED) is 0.861. The topological polar surface area (TPSA) is 70.1 Å². The molecule has 6 heteroatoms. The van der Waals surface area contributed by atoms with Crippen LogP contribution in [0.1, 0.15) is 25.7 Å². The van der Waals surface area contributed by atoms with Crippen LogP contribution in [0.4, 0.5) is 0 Å². The maximum absolute atomic E-state index is 11.8. The number of nitrogens with two attached hydrogens (primary N) is 1. The van der Waals surface area contributed by atoms with E-state index in [1.807, 2.05) is 36.6 Å². The lowest BCUT2D eigenvalue weighted by Gasteiger charge is -2.21. The van der Waals surface area contributed by atoms with E-state index in [4.69, 9.17) is 22.1 Å². The lowest BCUT2D eigenvalue weighted by atomic mass is 10.0. The van der Waals surface area contributed by atoms with Gasteiger partial charge in [-0.3, -0.25) is 4.79 Å². The van der Waals surface area contributed by atoms with E-state index in [2.05, 4.69) is 4.98 Å². The van der Waals surface area contributed by atoms with Crippen molar-refractivity contribution >= 4 is 28.5 Å². The summed E-state index contributed by atoms with van der Waals surface area (Å²) in [7, 11) is 1.60. The molecule has 0 aliphatic carbocycles. The molecule has 0 fully saturated rings. The third-order valence-electron chi connectivity index (χ3n) is 3.29. The van der Waals surface area contributed by atoms with Crippen molar-refractivity contribution in [3.63, 3.8) is 0 Å². The molecular formula is C14H18ClN3O2. The number of nitrogens with zero attached hydrogens (tertiary/aromatic N) is 2. The standard InChI is InChI=1S/C14H18ClN3O2/c1-8(2)13(14(16)19)18-11-5-4-9(20-3)6-10(11)17-12(18)7-15/h4-6,8,13H,7H2,1-3H3,(H2,16,19). The molecule has 0 spiro atoms. The van der Waals surface area contributed by atoms with Crippen LogP contribution in [-0.4, -0.2) is 22.6 Å². The number of halogens is 1. The summed E-state index contributed by atoms with van der Waals surface area (Å²) in [6.45, 7) is 3.89. The van der Waals surface area contributed by atoms with Gasteiger partial charge in [-0.2, -0.15) is 0 Å². The lowest BCUT2D eigenvalue weighted by Crippen LogP contribution is -2.31. The predicted octanol–water partition coefficient (Wildman–Crippen LogP) is 2.47. The van der Waals surface area contributed by atoms with Crippen molar-refractivity contribution in [1.82, 2.24) is 9.55 Å². The first-order valence-electron chi connectivity index (χ1n) is 6.39. The summed E-state index contributed by atoms with van der Waals surface area (Å²) < 4.78 is 7.01. The molecule has 2 rings (SSSR count). The fourth-order valence-corrected chi connectivity index (χ4v) is 2.60. The average Bonchev–Trinajstić information content (AvgIpc) is 2.75. The summed E-state index contributed by atoms with van der Waals surface area (Å²) in [5, 5.41) is 0. The second-order valence-corrected chi connectivity index (χ2v) is 5.24. The van der Waals surface area contributed by atoms with E-state index in [1.54, 1.807) is 7.11 Å². The number of rotatable bonds is 5. The molecule has 1 heterocycles. The number of aromatic nitrogens is 2. The minimum atomic E-state index is -0.470. The Hall–Kier alpha value is -1.75. The third kappa shape index (κ3) is 2.45. The SMILES string of the molecule is COc1ccc2c(c1)nc(CCl)n2C(C(N)=O)C(C)C. The largest absolute Gasteiger partial charge is 0.497 e. The van der Waals surface area contributed by atoms with Crippen LogP contribution in [0.15, 0.2) is 18.2 Å². The summed E-state index contributed by atoms with van der Waals surface area (Å²) in [5.74, 6) is 1.22. The first kappa shape index (κ1) is 14.7. The van der Waals surface area contributed by atoms with Crippen LogP contribution in [0.5, 0.6) is 5.75 Å². The number of methoxy groups -OCH3 is 1. The average molecular weight is 296 g/mol. The molecule has 2 N–H and O–H groups in total. The number of alkyl halides is 1. The fourth-order valence-electron chi connectivity index (χ4n) is 2.41. The first-order chi connectivity index (χ1) is 9.49. The number of benzene rings is 1. The smallest absolute Gasteiger partial charge is 0.240 e. The van der Waals surface area contributed by atoms with Gasteiger partial charge in [0.25, 0.3) is 0 Å². The van der Waals surface area contributed by atoms with Crippen molar-refractivity contribution in [2.45, 2.75) is 25.8 Å².